The summed E-state index contributed by atoms with van der Waals surface area (Å²) in [5.41, 5.74) is 17.4. The Morgan fingerprint density at radius 2 is 2.00 bits per heavy atom. The van der Waals surface area contributed by atoms with Crippen LogP contribution in [0.4, 0.5) is 16.2 Å². The topological polar surface area (TPSA) is 143 Å². The van der Waals surface area contributed by atoms with Crippen molar-refractivity contribution in [2.45, 2.75) is 12.8 Å². The molecule has 1 saturated carbocycles. The molecule has 7 N–H and O–H groups in total. The molecule has 0 atom stereocenters. The van der Waals surface area contributed by atoms with Gasteiger partial charge in [-0.25, -0.2) is 4.79 Å². The molecule has 2 rings (SSSR count). The summed E-state index contributed by atoms with van der Waals surface area (Å²) in [7, 11) is 0. The van der Waals surface area contributed by atoms with Gasteiger partial charge in [0.05, 0.1) is 12.3 Å². The lowest BCUT2D eigenvalue weighted by atomic mass is 10.1. The van der Waals surface area contributed by atoms with Crippen molar-refractivity contribution in [3.8, 4) is 5.75 Å². The smallest absolute Gasteiger partial charge is 0.404 e. The van der Waals surface area contributed by atoms with Crippen LogP contribution in [0.15, 0.2) is 24.3 Å². The second kappa shape index (κ2) is 8.09. The van der Waals surface area contributed by atoms with Crippen LogP contribution in [0, 0.1) is 5.92 Å². The quantitative estimate of drug-likeness (QED) is 0.395. The first-order valence-corrected chi connectivity index (χ1v) is 7.64. The number of amides is 2. The molecule has 0 heterocycles. The molecule has 8 heteroatoms. The van der Waals surface area contributed by atoms with Crippen LogP contribution in [0.1, 0.15) is 23.2 Å². The van der Waals surface area contributed by atoms with E-state index in [1.165, 1.54) is 6.07 Å². The van der Waals surface area contributed by atoms with Crippen LogP contribution in [-0.4, -0.2) is 31.8 Å². The Morgan fingerprint density at radius 1 is 1.25 bits per heavy atom. The molecule has 0 aromatic heterocycles. The highest BCUT2D eigenvalue weighted by Gasteiger charge is 2.23. The van der Waals surface area contributed by atoms with Crippen LogP contribution in [0.2, 0.25) is 0 Å². The van der Waals surface area contributed by atoms with Gasteiger partial charge in [0.2, 0.25) is 5.91 Å². The summed E-state index contributed by atoms with van der Waals surface area (Å²) in [6, 6.07) is 3.10. The van der Waals surface area contributed by atoms with Crippen LogP contribution in [0.3, 0.4) is 0 Å². The number of carbonyl (C=O) groups excluding carboxylic acids is 2. The minimum absolute atomic E-state index is 0.0954. The summed E-state index contributed by atoms with van der Waals surface area (Å²) in [6.45, 7) is 1.11. The minimum Gasteiger partial charge on any atom is -0.491 e. The molecule has 0 spiro atoms. The van der Waals surface area contributed by atoms with Gasteiger partial charge in [0.1, 0.15) is 18.0 Å². The molecule has 1 fully saturated rings. The molecular weight excluding hydrogens is 312 g/mol. The zero-order valence-corrected chi connectivity index (χ0v) is 13.3. The maximum Gasteiger partial charge on any atom is 0.404 e. The third kappa shape index (κ3) is 5.38. The predicted octanol–water partition coefficient (Wildman–Crippen LogP) is 1.22. The number of anilines is 2. The second-order valence-electron chi connectivity index (χ2n) is 5.54. The van der Waals surface area contributed by atoms with E-state index in [1.54, 1.807) is 18.2 Å². The average molecular weight is 334 g/mol. The number of nitrogens with one attached hydrogen (secondary N) is 1. The van der Waals surface area contributed by atoms with Crippen molar-refractivity contribution >= 4 is 23.4 Å². The van der Waals surface area contributed by atoms with Crippen molar-refractivity contribution in [2.75, 3.05) is 30.8 Å². The Hall–Kier alpha value is -2.90. The summed E-state index contributed by atoms with van der Waals surface area (Å²) in [4.78, 5) is 21.8. The highest BCUT2D eigenvalue weighted by atomic mass is 16.5. The molecule has 8 nitrogen and oxygen atoms in total. The molecule has 2 amide bonds. The van der Waals surface area contributed by atoms with E-state index in [1.807, 2.05) is 0 Å². The molecule has 24 heavy (non-hydrogen) atoms. The Morgan fingerprint density at radius 3 is 2.62 bits per heavy atom. The fourth-order valence-corrected chi connectivity index (χ4v) is 2.02. The van der Waals surface area contributed by atoms with Crippen molar-refractivity contribution in [3.05, 3.63) is 29.8 Å². The lowest BCUT2D eigenvalue weighted by Gasteiger charge is -2.16. The normalized spacial score (nSPS) is 13.7. The Balaban J connectivity index is 2.02. The van der Waals surface area contributed by atoms with Gasteiger partial charge in [-0.1, -0.05) is 6.08 Å². The van der Waals surface area contributed by atoms with E-state index in [2.05, 4.69) is 10.1 Å². The molecule has 1 aromatic carbocycles. The van der Waals surface area contributed by atoms with Crippen molar-refractivity contribution in [1.29, 1.82) is 0 Å². The van der Waals surface area contributed by atoms with Crippen LogP contribution in [-0.2, 0) is 4.74 Å². The number of ether oxygens (including phenoxy) is 2. The van der Waals surface area contributed by atoms with Crippen molar-refractivity contribution in [3.63, 3.8) is 0 Å². The summed E-state index contributed by atoms with van der Waals surface area (Å²) in [5, 5.41) is 3.12. The Labute approximate surface area is 140 Å². The van der Waals surface area contributed by atoms with E-state index in [0.29, 0.717) is 41.8 Å². The predicted molar refractivity (Wildman–Crippen MR) is 90.8 cm³/mol. The second-order valence-corrected chi connectivity index (χ2v) is 5.54. The molecule has 1 aliphatic carbocycles. The van der Waals surface area contributed by atoms with E-state index in [-0.39, 0.29) is 6.61 Å². The van der Waals surface area contributed by atoms with Gasteiger partial charge in [-0.2, -0.15) is 0 Å². The average Bonchev–Trinajstić information content (AvgIpc) is 3.33. The number of nitrogen functional groups attached to an aromatic ring is 1. The van der Waals surface area contributed by atoms with Gasteiger partial charge in [0.25, 0.3) is 0 Å². The first-order chi connectivity index (χ1) is 11.5. The molecule has 1 aromatic rings. The fourth-order valence-electron chi connectivity index (χ4n) is 2.02. The van der Waals surface area contributed by atoms with Gasteiger partial charge in [0, 0.05) is 12.1 Å². The number of rotatable bonds is 9. The third-order valence-electron chi connectivity index (χ3n) is 3.47. The number of carbonyl (C=O) groups is 2. The third-order valence-corrected chi connectivity index (χ3v) is 3.47. The standard InChI is InChI=1S/C16H22N4O4/c17-12-7-11(15(18)21)8-13(24-9-10-3-4-10)14(12)20-5-1-2-6-23-16(19)22/h1-2,7-8,10,20H,3-6,9,17H2,(H2,18,21)(H2,19,22). The van der Waals surface area contributed by atoms with Crippen LogP contribution in [0.5, 0.6) is 5.75 Å². The Kier molecular flexibility index (Phi) is 5.89. The molecule has 0 saturated heterocycles. The first kappa shape index (κ1) is 17.5. The van der Waals surface area contributed by atoms with E-state index < -0.39 is 12.0 Å². The Bertz CT molecular complexity index is 641. The SMILES string of the molecule is NC(=O)OCC=CCNc1c(N)cc(C(N)=O)cc1OCC1CC1. The minimum atomic E-state index is -0.824. The largest absolute Gasteiger partial charge is 0.491 e. The number of nitrogens with two attached hydrogens (primary N) is 3. The fraction of sp³-hybridized carbons (Fsp3) is 0.375. The molecule has 0 radical (unpaired) electrons. The first-order valence-electron chi connectivity index (χ1n) is 7.64. The number of hydrogen-bond acceptors (Lipinski definition) is 6. The maximum atomic E-state index is 11.4. The zero-order chi connectivity index (χ0) is 17.5. The zero-order valence-electron chi connectivity index (χ0n) is 13.3. The molecule has 0 unspecified atom stereocenters. The van der Waals surface area contributed by atoms with E-state index in [0.717, 1.165) is 12.8 Å². The number of benzene rings is 1. The van der Waals surface area contributed by atoms with Gasteiger partial charge in [0.15, 0.2) is 0 Å². The molecular formula is C16H22N4O4. The van der Waals surface area contributed by atoms with Gasteiger partial charge in [-0.3, -0.25) is 4.79 Å². The molecule has 130 valence electrons. The van der Waals surface area contributed by atoms with E-state index in [9.17, 15) is 9.59 Å². The van der Waals surface area contributed by atoms with Gasteiger partial charge in [-0.15, -0.1) is 0 Å². The lowest BCUT2D eigenvalue weighted by Crippen LogP contribution is -2.14. The molecule has 1 aliphatic rings. The van der Waals surface area contributed by atoms with Gasteiger partial charge < -0.3 is 32.0 Å². The monoisotopic (exact) mass is 334 g/mol. The van der Waals surface area contributed by atoms with Crippen molar-refractivity contribution in [2.24, 2.45) is 17.4 Å². The highest BCUT2D eigenvalue weighted by molar-refractivity contribution is 5.96. The van der Waals surface area contributed by atoms with Crippen LogP contribution < -0.4 is 27.3 Å². The van der Waals surface area contributed by atoms with Crippen LogP contribution >= 0.6 is 0 Å². The lowest BCUT2D eigenvalue weighted by molar-refractivity contribution is 0.1000. The highest BCUT2D eigenvalue weighted by Crippen LogP contribution is 2.35. The van der Waals surface area contributed by atoms with Gasteiger partial charge in [-0.05, 0) is 37.0 Å². The van der Waals surface area contributed by atoms with Gasteiger partial charge >= 0.3 is 6.09 Å². The number of primary amides is 2. The number of hydrogen-bond donors (Lipinski definition) is 4. The van der Waals surface area contributed by atoms with E-state index >= 15 is 0 Å². The molecule has 0 aliphatic heterocycles. The molecule has 0 bridgehead atoms. The van der Waals surface area contributed by atoms with E-state index in [4.69, 9.17) is 21.9 Å². The maximum absolute atomic E-state index is 11.4. The van der Waals surface area contributed by atoms with Crippen molar-refractivity contribution < 1.29 is 19.1 Å². The summed E-state index contributed by atoms with van der Waals surface area (Å²) >= 11 is 0. The summed E-state index contributed by atoms with van der Waals surface area (Å²) in [6.07, 6.45) is 4.88. The summed E-state index contributed by atoms with van der Waals surface area (Å²) < 4.78 is 10.4. The van der Waals surface area contributed by atoms with Crippen LogP contribution in [0.25, 0.3) is 0 Å². The van der Waals surface area contributed by atoms with Crippen molar-refractivity contribution in [1.82, 2.24) is 0 Å². The summed E-state index contributed by atoms with van der Waals surface area (Å²) in [5.74, 6) is 0.493.